The van der Waals surface area contributed by atoms with Gasteiger partial charge < -0.3 is 9.84 Å². The van der Waals surface area contributed by atoms with E-state index in [1.54, 1.807) is 29.2 Å². The van der Waals surface area contributed by atoms with Gasteiger partial charge in [0.2, 0.25) is 0 Å². The molecule has 0 saturated heterocycles. The van der Waals surface area contributed by atoms with Crippen LogP contribution >= 0.6 is 11.6 Å². The van der Waals surface area contributed by atoms with Crippen LogP contribution < -0.4 is 4.74 Å². The van der Waals surface area contributed by atoms with Crippen LogP contribution in [0, 0.1) is 0 Å². The Morgan fingerprint density at radius 1 is 1.20 bits per heavy atom. The fourth-order valence-corrected chi connectivity index (χ4v) is 2.52. The second kappa shape index (κ2) is 8.09. The van der Waals surface area contributed by atoms with Crippen LogP contribution in [0.4, 0.5) is 0 Å². The van der Waals surface area contributed by atoms with E-state index in [9.17, 15) is 5.11 Å². The van der Waals surface area contributed by atoms with E-state index in [4.69, 9.17) is 16.3 Å². The first-order valence-corrected chi connectivity index (χ1v) is 8.44. The third-order valence-electron chi connectivity index (χ3n) is 3.70. The van der Waals surface area contributed by atoms with Crippen molar-refractivity contribution in [1.29, 1.82) is 0 Å². The standard InChI is InChI=1S/C18H19ClN4O2/c1-2-14(24)11-23-18(13-7-9-20-10-8-13)21-17(22-23)12-25-16-6-4-3-5-15(16)19/h3-10,14,24H,2,11-12H2,1H3/t14-/m0/s1. The Hall–Kier alpha value is -2.44. The van der Waals surface area contributed by atoms with E-state index in [-0.39, 0.29) is 6.61 Å². The molecular weight excluding hydrogens is 340 g/mol. The molecule has 6 nitrogen and oxygen atoms in total. The number of hydrogen-bond donors (Lipinski definition) is 1. The second-order valence-corrected chi connectivity index (χ2v) is 5.96. The molecule has 3 rings (SSSR count). The minimum Gasteiger partial charge on any atom is -0.484 e. The first-order chi connectivity index (χ1) is 12.2. The molecular formula is C18H19ClN4O2. The van der Waals surface area contributed by atoms with Gasteiger partial charge in [-0.2, -0.15) is 5.10 Å². The highest BCUT2D eigenvalue weighted by Crippen LogP contribution is 2.24. The van der Waals surface area contributed by atoms with Crippen LogP contribution in [-0.2, 0) is 13.2 Å². The first-order valence-electron chi connectivity index (χ1n) is 8.07. The van der Waals surface area contributed by atoms with Crippen LogP contribution in [0.1, 0.15) is 19.2 Å². The molecule has 0 unspecified atom stereocenters. The van der Waals surface area contributed by atoms with Gasteiger partial charge in [-0.05, 0) is 30.7 Å². The zero-order chi connectivity index (χ0) is 17.6. The van der Waals surface area contributed by atoms with Crippen molar-refractivity contribution in [3.8, 4) is 17.1 Å². The summed E-state index contributed by atoms with van der Waals surface area (Å²) in [5, 5.41) is 15.0. The summed E-state index contributed by atoms with van der Waals surface area (Å²) < 4.78 is 7.42. The van der Waals surface area contributed by atoms with E-state index in [0.29, 0.717) is 35.4 Å². The van der Waals surface area contributed by atoms with Crippen LogP contribution in [-0.4, -0.2) is 31.0 Å². The van der Waals surface area contributed by atoms with Crippen molar-refractivity contribution in [1.82, 2.24) is 19.7 Å². The number of halogens is 1. The SMILES string of the molecule is CC[C@H](O)Cn1nc(COc2ccccc2Cl)nc1-c1ccncc1. The Bertz CT molecular complexity index is 823. The summed E-state index contributed by atoms with van der Waals surface area (Å²) in [6.45, 7) is 2.49. The van der Waals surface area contributed by atoms with Crippen LogP contribution in [0.2, 0.25) is 5.02 Å². The van der Waals surface area contributed by atoms with E-state index in [2.05, 4.69) is 15.1 Å². The van der Waals surface area contributed by atoms with Gasteiger partial charge in [-0.25, -0.2) is 9.67 Å². The molecule has 0 spiro atoms. The van der Waals surface area contributed by atoms with Gasteiger partial charge in [0.15, 0.2) is 11.6 Å². The lowest BCUT2D eigenvalue weighted by atomic mass is 10.2. The molecule has 0 aliphatic heterocycles. The molecule has 0 aliphatic carbocycles. The number of aliphatic hydroxyl groups is 1. The molecule has 1 N–H and O–H groups in total. The summed E-state index contributed by atoms with van der Waals surface area (Å²) in [6, 6.07) is 11.0. The Morgan fingerprint density at radius 3 is 2.68 bits per heavy atom. The van der Waals surface area contributed by atoms with Crippen molar-refractivity contribution < 1.29 is 9.84 Å². The van der Waals surface area contributed by atoms with Crippen LogP contribution in [0.5, 0.6) is 5.75 Å². The van der Waals surface area contributed by atoms with Crippen molar-refractivity contribution in [2.75, 3.05) is 0 Å². The summed E-state index contributed by atoms with van der Waals surface area (Å²) in [5.41, 5.74) is 0.884. The summed E-state index contributed by atoms with van der Waals surface area (Å²) in [6.07, 6.45) is 3.55. The molecule has 130 valence electrons. The summed E-state index contributed by atoms with van der Waals surface area (Å²) in [4.78, 5) is 8.58. The Labute approximate surface area is 151 Å². The molecule has 0 aliphatic rings. The van der Waals surface area contributed by atoms with Crippen LogP contribution in [0.25, 0.3) is 11.4 Å². The summed E-state index contributed by atoms with van der Waals surface area (Å²) >= 11 is 6.10. The lowest BCUT2D eigenvalue weighted by Gasteiger charge is -2.09. The van der Waals surface area contributed by atoms with Crippen LogP contribution in [0.15, 0.2) is 48.8 Å². The molecule has 3 aromatic rings. The summed E-state index contributed by atoms with van der Waals surface area (Å²) in [5.74, 6) is 1.78. The van der Waals surface area contributed by atoms with Gasteiger partial charge in [0, 0.05) is 18.0 Å². The Morgan fingerprint density at radius 2 is 1.96 bits per heavy atom. The number of hydrogen-bond acceptors (Lipinski definition) is 5. The molecule has 0 bridgehead atoms. The molecule has 2 aromatic heterocycles. The number of para-hydroxylation sites is 1. The van der Waals surface area contributed by atoms with Gasteiger partial charge in [0.05, 0.1) is 17.7 Å². The number of rotatable bonds is 7. The van der Waals surface area contributed by atoms with E-state index < -0.39 is 6.10 Å². The molecule has 1 atom stereocenters. The normalized spacial score (nSPS) is 12.1. The molecule has 1 aromatic carbocycles. The quantitative estimate of drug-likeness (QED) is 0.701. The topological polar surface area (TPSA) is 73.1 Å². The number of pyridine rings is 1. The number of aliphatic hydroxyl groups excluding tert-OH is 1. The Kier molecular flexibility index (Phi) is 5.63. The molecule has 0 fully saturated rings. The molecule has 0 saturated carbocycles. The molecule has 0 radical (unpaired) electrons. The predicted molar refractivity (Wildman–Crippen MR) is 95.3 cm³/mol. The van der Waals surface area contributed by atoms with Gasteiger partial charge >= 0.3 is 0 Å². The van der Waals surface area contributed by atoms with Gasteiger partial charge in [-0.3, -0.25) is 4.98 Å². The highest BCUT2D eigenvalue weighted by molar-refractivity contribution is 6.32. The number of aromatic nitrogens is 4. The molecule has 0 amide bonds. The highest BCUT2D eigenvalue weighted by atomic mass is 35.5. The largest absolute Gasteiger partial charge is 0.484 e. The minimum atomic E-state index is -0.486. The lowest BCUT2D eigenvalue weighted by Crippen LogP contribution is -2.17. The molecule has 25 heavy (non-hydrogen) atoms. The highest BCUT2D eigenvalue weighted by Gasteiger charge is 2.15. The maximum absolute atomic E-state index is 9.99. The monoisotopic (exact) mass is 358 g/mol. The number of ether oxygens (including phenoxy) is 1. The fourth-order valence-electron chi connectivity index (χ4n) is 2.32. The zero-order valence-corrected chi connectivity index (χ0v) is 14.6. The summed E-state index contributed by atoms with van der Waals surface area (Å²) in [7, 11) is 0. The van der Waals surface area contributed by atoms with Gasteiger partial charge in [0.25, 0.3) is 0 Å². The van der Waals surface area contributed by atoms with E-state index >= 15 is 0 Å². The first kappa shape index (κ1) is 17.4. The maximum Gasteiger partial charge on any atom is 0.188 e. The lowest BCUT2D eigenvalue weighted by molar-refractivity contribution is 0.145. The van der Waals surface area contributed by atoms with E-state index in [1.807, 2.05) is 31.2 Å². The van der Waals surface area contributed by atoms with Crippen LogP contribution in [0.3, 0.4) is 0 Å². The third-order valence-corrected chi connectivity index (χ3v) is 4.01. The van der Waals surface area contributed by atoms with Crippen molar-refractivity contribution in [3.63, 3.8) is 0 Å². The van der Waals surface area contributed by atoms with E-state index in [1.165, 1.54) is 0 Å². The van der Waals surface area contributed by atoms with E-state index in [0.717, 1.165) is 5.56 Å². The smallest absolute Gasteiger partial charge is 0.188 e. The Balaban J connectivity index is 1.84. The van der Waals surface area contributed by atoms with Crippen molar-refractivity contribution >= 4 is 11.6 Å². The minimum absolute atomic E-state index is 0.192. The number of nitrogens with zero attached hydrogens (tertiary/aromatic N) is 4. The number of benzene rings is 1. The average Bonchev–Trinajstić information content (AvgIpc) is 3.04. The van der Waals surface area contributed by atoms with Gasteiger partial charge in [-0.15, -0.1) is 0 Å². The second-order valence-electron chi connectivity index (χ2n) is 5.55. The molecule has 7 heteroatoms. The third kappa shape index (κ3) is 4.35. The zero-order valence-electron chi connectivity index (χ0n) is 13.8. The average molecular weight is 359 g/mol. The van der Waals surface area contributed by atoms with Crippen molar-refractivity contribution in [2.45, 2.75) is 32.6 Å². The van der Waals surface area contributed by atoms with Gasteiger partial charge in [0.1, 0.15) is 12.4 Å². The molecule has 2 heterocycles. The van der Waals surface area contributed by atoms with Gasteiger partial charge in [-0.1, -0.05) is 30.7 Å². The maximum atomic E-state index is 9.99. The van der Waals surface area contributed by atoms with Crippen molar-refractivity contribution in [3.05, 3.63) is 59.6 Å². The fraction of sp³-hybridized carbons (Fsp3) is 0.278. The predicted octanol–water partition coefficient (Wildman–Crippen LogP) is 3.34. The van der Waals surface area contributed by atoms with Crippen molar-refractivity contribution in [2.24, 2.45) is 0 Å².